The molecule has 0 aliphatic rings. The fraction of sp³-hybridized carbons (Fsp3) is 0.200. The summed E-state index contributed by atoms with van der Waals surface area (Å²) in [7, 11) is 0. The van der Waals surface area contributed by atoms with E-state index in [1.54, 1.807) is 0 Å². The summed E-state index contributed by atoms with van der Waals surface area (Å²) in [6, 6.07) is 82.6. The van der Waals surface area contributed by atoms with E-state index in [4.69, 9.17) is 46.4 Å². The summed E-state index contributed by atoms with van der Waals surface area (Å²) in [6.45, 7) is 13.6. The minimum Gasteiger partial charge on any atom is -0.122 e. The molecular weight excluding hydrogens is 1350 g/mol. The zero-order chi connectivity index (χ0) is 56.5. The Bertz CT molecular complexity index is 3220. The standard InChI is InChI=1S/C15H23Br.C13H10Cl2.C13H11Cl.C11H9Br.C11H9Cl.C7H6BrI/c1-14(2,3)12-7-11(10-16)8-13(9-12)15(4,5)6;14-12-8-6-11(7-9-12)13(15)10-4-2-1-3-5-10;14-13(11-7-3-1-4-8-11)12-9-5-2-6-10-12;12-8-9-5-6-10-3-1-2-4-11(10)7-9;12-8-10-6-3-5-9-4-1-2-7-11(9)10;8-5-6-3-1-2-4-7(6)9/h7-9H,10H2,1-6H3;1-9,13H;1-10,13H;2*1-7H,8H2;1-4H,5H2. The number of benzene rings is 10. The van der Waals surface area contributed by atoms with E-state index in [0.717, 1.165) is 43.3 Å². The first-order chi connectivity index (χ1) is 37.4. The van der Waals surface area contributed by atoms with Gasteiger partial charge < -0.3 is 0 Å². The predicted octanol–water partition coefficient (Wildman–Crippen LogP) is 24.4. The van der Waals surface area contributed by atoms with Gasteiger partial charge in [-0.1, -0.05) is 325 Å². The molecule has 0 aliphatic heterocycles. The molecule has 0 aromatic heterocycles. The molecule has 10 rings (SSSR count). The van der Waals surface area contributed by atoms with E-state index >= 15 is 0 Å². The Morgan fingerprint density at radius 3 is 1.24 bits per heavy atom. The Kier molecular flexibility index (Phi) is 28.0. The molecule has 1 unspecified atom stereocenters. The van der Waals surface area contributed by atoms with Gasteiger partial charge in [-0.05, 0) is 129 Å². The Hall–Kier alpha value is -3.95. The molecule has 0 nitrogen and oxygen atoms in total. The van der Waals surface area contributed by atoms with Crippen LogP contribution in [0.4, 0.5) is 0 Å². The average Bonchev–Trinajstić information content (AvgIpc) is 3.48. The van der Waals surface area contributed by atoms with Crippen LogP contribution in [0.5, 0.6) is 0 Å². The maximum atomic E-state index is 6.34. The summed E-state index contributed by atoms with van der Waals surface area (Å²) < 4.78 is 1.33. The first kappa shape index (κ1) is 64.9. The van der Waals surface area contributed by atoms with E-state index in [0.29, 0.717) is 5.88 Å². The van der Waals surface area contributed by atoms with Gasteiger partial charge in [0, 0.05) is 30.5 Å². The van der Waals surface area contributed by atoms with Gasteiger partial charge in [0.25, 0.3) is 0 Å². The largest absolute Gasteiger partial charge is 0.122 e. The molecule has 0 fully saturated rings. The molecule has 10 aromatic rings. The van der Waals surface area contributed by atoms with Crippen LogP contribution in [-0.4, -0.2) is 0 Å². The molecule has 8 heteroatoms. The quantitative estimate of drug-likeness (QED) is 0.105. The number of hydrogen-bond donors (Lipinski definition) is 0. The monoisotopic (exact) mass is 1410 g/mol. The molecule has 78 heavy (non-hydrogen) atoms. The second kappa shape index (κ2) is 33.7. The number of rotatable bonds is 8. The average molecular weight is 1420 g/mol. The third-order valence-electron chi connectivity index (χ3n) is 12.4. The normalized spacial score (nSPS) is 11.2. The van der Waals surface area contributed by atoms with Gasteiger partial charge in [-0.15, -0.1) is 34.8 Å². The summed E-state index contributed by atoms with van der Waals surface area (Å²) >= 11 is 37.0. The summed E-state index contributed by atoms with van der Waals surface area (Å²) in [4.78, 5) is 0. The van der Waals surface area contributed by atoms with Crippen molar-refractivity contribution in [2.45, 2.75) is 85.0 Å². The highest BCUT2D eigenvalue weighted by Gasteiger charge is 2.20. The van der Waals surface area contributed by atoms with E-state index in [1.165, 1.54) is 58.5 Å². The van der Waals surface area contributed by atoms with Crippen LogP contribution in [0.25, 0.3) is 21.5 Å². The Morgan fingerprint density at radius 2 is 0.795 bits per heavy atom. The highest BCUT2D eigenvalue weighted by molar-refractivity contribution is 14.1. The third-order valence-corrected chi connectivity index (χ3v) is 16.9. The smallest absolute Gasteiger partial charge is 0.0835 e. The molecule has 0 amide bonds. The summed E-state index contributed by atoms with van der Waals surface area (Å²) in [5, 5.41) is 8.53. The fourth-order valence-corrected chi connectivity index (χ4v) is 11.1. The molecule has 0 heterocycles. The molecule has 0 bridgehead atoms. The molecule has 1 atom stereocenters. The van der Waals surface area contributed by atoms with Crippen LogP contribution >= 0.6 is 117 Å². The van der Waals surface area contributed by atoms with E-state index in [-0.39, 0.29) is 21.6 Å². The molecular formula is C70H68Br3Cl4I. The van der Waals surface area contributed by atoms with Crippen molar-refractivity contribution >= 4 is 138 Å². The predicted molar refractivity (Wildman–Crippen MR) is 365 cm³/mol. The molecule has 0 saturated heterocycles. The van der Waals surface area contributed by atoms with Crippen LogP contribution in [-0.2, 0) is 32.7 Å². The van der Waals surface area contributed by atoms with Crippen molar-refractivity contribution < 1.29 is 0 Å². The van der Waals surface area contributed by atoms with Gasteiger partial charge in [0.2, 0.25) is 0 Å². The number of halogens is 8. The third kappa shape index (κ3) is 21.5. The zero-order valence-electron chi connectivity index (χ0n) is 45.1. The van der Waals surface area contributed by atoms with Crippen molar-refractivity contribution in [3.05, 3.63) is 307 Å². The van der Waals surface area contributed by atoms with Crippen LogP contribution < -0.4 is 0 Å². The second-order valence-electron chi connectivity index (χ2n) is 20.4. The van der Waals surface area contributed by atoms with Gasteiger partial charge in [0.05, 0.1) is 10.8 Å². The lowest BCUT2D eigenvalue weighted by molar-refractivity contribution is 0.567. The molecule has 0 N–H and O–H groups in total. The van der Waals surface area contributed by atoms with E-state index in [2.05, 4.69) is 215 Å². The molecule has 404 valence electrons. The zero-order valence-corrected chi connectivity index (χ0v) is 55.0. The maximum absolute atomic E-state index is 6.34. The Labute approximate surface area is 524 Å². The lowest BCUT2D eigenvalue weighted by atomic mass is 9.80. The van der Waals surface area contributed by atoms with E-state index in [1.807, 2.05) is 140 Å². The molecule has 0 radical (unpaired) electrons. The van der Waals surface area contributed by atoms with Crippen molar-refractivity contribution in [1.29, 1.82) is 0 Å². The van der Waals surface area contributed by atoms with Gasteiger partial charge in [0.1, 0.15) is 0 Å². The summed E-state index contributed by atoms with van der Waals surface area (Å²) in [5.74, 6) is 0.585. The van der Waals surface area contributed by atoms with Gasteiger partial charge >= 0.3 is 0 Å². The molecule has 0 aliphatic carbocycles. The summed E-state index contributed by atoms with van der Waals surface area (Å²) in [6.07, 6.45) is 0. The lowest BCUT2D eigenvalue weighted by Crippen LogP contribution is -2.16. The van der Waals surface area contributed by atoms with Crippen LogP contribution in [0, 0.1) is 3.57 Å². The van der Waals surface area contributed by atoms with Crippen LogP contribution in [0.3, 0.4) is 0 Å². The lowest BCUT2D eigenvalue weighted by Gasteiger charge is -2.26. The van der Waals surface area contributed by atoms with E-state index in [9.17, 15) is 0 Å². The fourth-order valence-electron chi connectivity index (χ4n) is 7.86. The molecule has 10 aromatic carbocycles. The molecule has 0 saturated carbocycles. The number of hydrogen-bond acceptors (Lipinski definition) is 0. The topological polar surface area (TPSA) is 0 Å². The number of alkyl halides is 6. The van der Waals surface area contributed by atoms with Gasteiger partial charge in [-0.25, -0.2) is 0 Å². The first-order valence-corrected chi connectivity index (χ1v) is 31.9. The second-order valence-corrected chi connectivity index (χ2v) is 24.8. The minimum atomic E-state index is -0.108. The SMILES string of the molecule is BrCc1ccc2ccccc2c1.BrCc1ccccc1I.CC(C)(C)c1cc(CBr)cc(C(C)(C)C)c1.ClC(c1ccccc1)c1ccccc1.ClCc1cccc2ccccc12.Clc1ccc(C(Cl)c2ccccc2)cc1. The maximum Gasteiger partial charge on any atom is 0.0835 e. The van der Waals surface area contributed by atoms with Crippen molar-refractivity contribution in [3.63, 3.8) is 0 Å². The van der Waals surface area contributed by atoms with Crippen molar-refractivity contribution in [1.82, 2.24) is 0 Å². The van der Waals surface area contributed by atoms with E-state index < -0.39 is 0 Å². The first-order valence-electron chi connectivity index (χ1n) is 25.7. The minimum absolute atomic E-state index is 0.0441. The summed E-state index contributed by atoms with van der Waals surface area (Å²) in [5.41, 5.74) is 13.0. The highest BCUT2D eigenvalue weighted by atomic mass is 127. The van der Waals surface area contributed by atoms with Crippen molar-refractivity contribution in [2.75, 3.05) is 0 Å². The van der Waals surface area contributed by atoms with Gasteiger partial charge in [-0.3, -0.25) is 0 Å². The van der Waals surface area contributed by atoms with Gasteiger partial charge in [-0.2, -0.15) is 0 Å². The van der Waals surface area contributed by atoms with Crippen LogP contribution in [0.2, 0.25) is 5.02 Å². The van der Waals surface area contributed by atoms with Crippen LogP contribution in [0.15, 0.2) is 243 Å². The Morgan fingerprint density at radius 1 is 0.385 bits per heavy atom. The highest BCUT2D eigenvalue weighted by Crippen LogP contribution is 2.32. The van der Waals surface area contributed by atoms with Crippen LogP contribution in [0.1, 0.15) is 108 Å². The molecule has 0 spiro atoms. The number of fused-ring (bicyclic) bond motifs is 2. The van der Waals surface area contributed by atoms with Crippen molar-refractivity contribution in [3.8, 4) is 0 Å². The van der Waals surface area contributed by atoms with Gasteiger partial charge in [0.15, 0.2) is 0 Å². The Balaban J connectivity index is 0.000000174. The van der Waals surface area contributed by atoms with Crippen molar-refractivity contribution in [2.24, 2.45) is 0 Å².